The molecule has 1 aromatic rings. The molecule has 0 aromatic heterocycles. The van der Waals surface area contributed by atoms with E-state index >= 15 is 0 Å². The van der Waals surface area contributed by atoms with Crippen molar-refractivity contribution in [1.82, 2.24) is 4.90 Å². The van der Waals surface area contributed by atoms with E-state index in [2.05, 4.69) is 36.1 Å². The molecule has 0 atom stereocenters. The molecule has 1 fully saturated rings. The number of aryl methyl sites for hydroxylation is 1. The zero-order valence-corrected chi connectivity index (χ0v) is 12.3. The summed E-state index contributed by atoms with van der Waals surface area (Å²) in [4.78, 5) is 2.50. The average Bonchev–Trinajstić information content (AvgIpc) is 2.44. The van der Waals surface area contributed by atoms with Gasteiger partial charge >= 0.3 is 0 Å². The fraction of sp³-hybridized carbons (Fsp3) is 0.647. The molecule has 0 radical (unpaired) electrons. The normalized spacial score (nSPS) is 17.8. The molecule has 19 heavy (non-hydrogen) atoms. The van der Waals surface area contributed by atoms with Gasteiger partial charge in [0.2, 0.25) is 0 Å². The van der Waals surface area contributed by atoms with Crippen LogP contribution in [0.1, 0.15) is 37.3 Å². The van der Waals surface area contributed by atoms with E-state index in [1.807, 2.05) is 0 Å². The minimum absolute atomic E-state index is 0.795. The minimum Gasteiger partial charge on any atom is -0.329 e. The largest absolute Gasteiger partial charge is 0.329 e. The van der Waals surface area contributed by atoms with Crippen molar-refractivity contribution >= 4 is 0 Å². The molecule has 0 saturated carbocycles. The third-order valence-corrected chi connectivity index (χ3v) is 4.24. The molecule has 1 aromatic carbocycles. The summed E-state index contributed by atoms with van der Waals surface area (Å²) in [6.45, 7) is 6.57. The van der Waals surface area contributed by atoms with E-state index in [0.717, 1.165) is 19.0 Å². The van der Waals surface area contributed by atoms with Crippen molar-refractivity contribution in [2.45, 2.75) is 39.0 Å². The van der Waals surface area contributed by atoms with Crippen molar-refractivity contribution in [3.05, 3.63) is 35.4 Å². The maximum Gasteiger partial charge on any atom is 0.0105 e. The van der Waals surface area contributed by atoms with Crippen LogP contribution in [0.3, 0.4) is 0 Å². The maximum atomic E-state index is 5.61. The Hall–Kier alpha value is -0.860. The van der Waals surface area contributed by atoms with Gasteiger partial charge in [-0.1, -0.05) is 37.6 Å². The lowest BCUT2D eigenvalue weighted by molar-refractivity contribution is 0.188. The fourth-order valence-electron chi connectivity index (χ4n) is 3.06. The van der Waals surface area contributed by atoms with Gasteiger partial charge in [-0.3, -0.25) is 0 Å². The number of hydrogen-bond acceptors (Lipinski definition) is 2. The first-order valence-electron chi connectivity index (χ1n) is 7.82. The summed E-state index contributed by atoms with van der Waals surface area (Å²) in [5.41, 5.74) is 8.60. The standard InChI is InChI=1S/C17H28N2/c1-2-3-15-4-6-16(7-5-15)14-17-8-11-19(12-9-17)13-10-18/h4-7,17H,2-3,8-14,18H2,1H3. The maximum absolute atomic E-state index is 5.61. The predicted octanol–water partition coefficient (Wildman–Crippen LogP) is 2.85. The Bertz CT molecular complexity index is 350. The predicted molar refractivity (Wildman–Crippen MR) is 82.4 cm³/mol. The average molecular weight is 260 g/mol. The number of benzene rings is 1. The molecule has 2 nitrogen and oxygen atoms in total. The lowest BCUT2D eigenvalue weighted by atomic mass is 9.90. The van der Waals surface area contributed by atoms with E-state index in [1.165, 1.54) is 56.3 Å². The lowest BCUT2D eigenvalue weighted by Gasteiger charge is -2.31. The molecule has 0 unspecified atom stereocenters. The summed E-state index contributed by atoms with van der Waals surface area (Å²) in [5.74, 6) is 0.867. The monoisotopic (exact) mass is 260 g/mol. The van der Waals surface area contributed by atoms with Gasteiger partial charge in [0, 0.05) is 13.1 Å². The van der Waals surface area contributed by atoms with Crippen LogP contribution in [0.4, 0.5) is 0 Å². The van der Waals surface area contributed by atoms with E-state index in [0.29, 0.717) is 0 Å². The van der Waals surface area contributed by atoms with Crippen molar-refractivity contribution < 1.29 is 0 Å². The summed E-state index contributed by atoms with van der Waals surface area (Å²) in [6.07, 6.45) is 6.35. The molecule has 0 aliphatic carbocycles. The van der Waals surface area contributed by atoms with Gasteiger partial charge < -0.3 is 10.6 Å². The quantitative estimate of drug-likeness (QED) is 0.852. The van der Waals surface area contributed by atoms with Crippen LogP contribution in [-0.2, 0) is 12.8 Å². The van der Waals surface area contributed by atoms with Crippen LogP contribution in [0, 0.1) is 5.92 Å². The van der Waals surface area contributed by atoms with Gasteiger partial charge in [0.05, 0.1) is 0 Å². The first-order valence-corrected chi connectivity index (χ1v) is 7.82. The van der Waals surface area contributed by atoms with Gasteiger partial charge in [0.25, 0.3) is 0 Å². The Kier molecular flexibility index (Phi) is 5.87. The first kappa shape index (κ1) is 14.5. The van der Waals surface area contributed by atoms with Crippen LogP contribution in [0.25, 0.3) is 0 Å². The van der Waals surface area contributed by atoms with Crippen molar-refractivity contribution in [3.63, 3.8) is 0 Å². The summed E-state index contributed by atoms with van der Waals surface area (Å²) in [7, 11) is 0. The van der Waals surface area contributed by atoms with E-state index in [1.54, 1.807) is 0 Å². The van der Waals surface area contributed by atoms with Crippen molar-refractivity contribution in [1.29, 1.82) is 0 Å². The molecule has 2 rings (SSSR count). The summed E-state index contributed by atoms with van der Waals surface area (Å²) in [6, 6.07) is 9.28. The smallest absolute Gasteiger partial charge is 0.0105 e. The molecular weight excluding hydrogens is 232 g/mol. The number of nitrogens with two attached hydrogens (primary N) is 1. The van der Waals surface area contributed by atoms with E-state index in [4.69, 9.17) is 5.73 Å². The Morgan fingerprint density at radius 3 is 2.32 bits per heavy atom. The highest BCUT2D eigenvalue weighted by Crippen LogP contribution is 2.21. The highest BCUT2D eigenvalue weighted by atomic mass is 15.1. The second-order valence-corrected chi connectivity index (χ2v) is 5.84. The third-order valence-electron chi connectivity index (χ3n) is 4.24. The SMILES string of the molecule is CCCc1ccc(CC2CCN(CCN)CC2)cc1. The van der Waals surface area contributed by atoms with Gasteiger partial charge in [0.15, 0.2) is 0 Å². The van der Waals surface area contributed by atoms with Crippen LogP contribution in [0.2, 0.25) is 0 Å². The number of nitrogens with zero attached hydrogens (tertiary/aromatic N) is 1. The Balaban J connectivity index is 1.78. The number of hydrogen-bond donors (Lipinski definition) is 1. The van der Waals surface area contributed by atoms with Crippen LogP contribution < -0.4 is 5.73 Å². The molecule has 1 heterocycles. The lowest BCUT2D eigenvalue weighted by Crippen LogP contribution is -2.37. The zero-order chi connectivity index (χ0) is 13.5. The fourth-order valence-corrected chi connectivity index (χ4v) is 3.06. The second kappa shape index (κ2) is 7.66. The van der Waals surface area contributed by atoms with Crippen molar-refractivity contribution in [2.24, 2.45) is 11.7 Å². The molecule has 1 aliphatic heterocycles. The van der Waals surface area contributed by atoms with E-state index in [9.17, 15) is 0 Å². The Morgan fingerprint density at radius 1 is 1.11 bits per heavy atom. The number of likely N-dealkylation sites (tertiary alicyclic amines) is 1. The van der Waals surface area contributed by atoms with Gasteiger partial charge in [-0.15, -0.1) is 0 Å². The highest BCUT2D eigenvalue weighted by Gasteiger charge is 2.18. The van der Waals surface area contributed by atoms with Crippen LogP contribution >= 0.6 is 0 Å². The topological polar surface area (TPSA) is 29.3 Å². The van der Waals surface area contributed by atoms with Gasteiger partial charge in [-0.2, -0.15) is 0 Å². The van der Waals surface area contributed by atoms with Crippen LogP contribution in [-0.4, -0.2) is 31.1 Å². The van der Waals surface area contributed by atoms with Gasteiger partial charge in [-0.05, 0) is 55.8 Å². The molecule has 0 spiro atoms. The number of piperidine rings is 1. The Morgan fingerprint density at radius 2 is 1.74 bits per heavy atom. The van der Waals surface area contributed by atoms with E-state index in [-0.39, 0.29) is 0 Å². The minimum atomic E-state index is 0.795. The molecular formula is C17H28N2. The number of rotatable bonds is 6. The first-order chi connectivity index (χ1) is 9.31. The molecule has 0 bridgehead atoms. The van der Waals surface area contributed by atoms with Crippen molar-refractivity contribution in [3.8, 4) is 0 Å². The summed E-state index contributed by atoms with van der Waals surface area (Å²) >= 11 is 0. The molecule has 2 heteroatoms. The molecule has 0 amide bonds. The molecule has 1 saturated heterocycles. The summed E-state index contributed by atoms with van der Waals surface area (Å²) < 4.78 is 0. The second-order valence-electron chi connectivity index (χ2n) is 5.84. The van der Waals surface area contributed by atoms with Gasteiger partial charge in [0.1, 0.15) is 0 Å². The van der Waals surface area contributed by atoms with E-state index < -0.39 is 0 Å². The van der Waals surface area contributed by atoms with Gasteiger partial charge in [-0.25, -0.2) is 0 Å². The molecule has 106 valence electrons. The molecule has 2 N–H and O–H groups in total. The third kappa shape index (κ3) is 4.63. The molecule has 1 aliphatic rings. The highest BCUT2D eigenvalue weighted by molar-refractivity contribution is 5.23. The summed E-state index contributed by atoms with van der Waals surface area (Å²) in [5, 5.41) is 0. The Labute approximate surface area is 118 Å². The van der Waals surface area contributed by atoms with Crippen LogP contribution in [0.15, 0.2) is 24.3 Å². The zero-order valence-electron chi connectivity index (χ0n) is 12.3. The van der Waals surface area contributed by atoms with Crippen molar-refractivity contribution in [2.75, 3.05) is 26.2 Å². The van der Waals surface area contributed by atoms with Crippen LogP contribution in [0.5, 0.6) is 0 Å².